The predicted molar refractivity (Wildman–Crippen MR) is 74.0 cm³/mol. The third kappa shape index (κ3) is 1.46. The van der Waals surface area contributed by atoms with Crippen LogP contribution in [-0.4, -0.2) is 18.5 Å². The van der Waals surface area contributed by atoms with Crippen molar-refractivity contribution < 1.29 is 4.79 Å². The van der Waals surface area contributed by atoms with Crippen LogP contribution >= 0.6 is 0 Å². The Morgan fingerprint density at radius 3 is 2.67 bits per heavy atom. The van der Waals surface area contributed by atoms with Gasteiger partial charge >= 0.3 is 0 Å². The maximum atomic E-state index is 12.5. The fourth-order valence-electron chi connectivity index (χ4n) is 3.51. The van der Waals surface area contributed by atoms with Gasteiger partial charge in [-0.2, -0.15) is 0 Å². The van der Waals surface area contributed by atoms with Gasteiger partial charge in [0.25, 0.3) is 0 Å². The lowest BCUT2D eigenvalue weighted by molar-refractivity contribution is -0.122. The fourth-order valence-corrected chi connectivity index (χ4v) is 3.51. The summed E-state index contributed by atoms with van der Waals surface area (Å²) in [6.07, 6.45) is 5.51. The quantitative estimate of drug-likeness (QED) is 0.760. The van der Waals surface area contributed by atoms with Crippen molar-refractivity contribution in [2.24, 2.45) is 0 Å². The van der Waals surface area contributed by atoms with Crippen molar-refractivity contribution in [3.8, 4) is 0 Å². The average Bonchev–Trinajstić information content (AvgIpc) is 2.38. The van der Waals surface area contributed by atoms with E-state index in [4.69, 9.17) is 0 Å². The number of nitrogens with one attached hydrogen (secondary N) is 1. The summed E-state index contributed by atoms with van der Waals surface area (Å²) in [6.45, 7) is 2.11. The third-order valence-corrected chi connectivity index (χ3v) is 4.57. The molecule has 1 saturated carbocycles. The van der Waals surface area contributed by atoms with Crippen LogP contribution in [0.4, 0.5) is 11.4 Å². The van der Waals surface area contributed by atoms with Crippen LogP contribution in [0.25, 0.3) is 0 Å². The molecule has 0 radical (unpaired) electrons. The Kier molecular flexibility index (Phi) is 2.58. The van der Waals surface area contributed by atoms with Gasteiger partial charge in [0.1, 0.15) is 5.54 Å². The number of hydrogen-bond donors (Lipinski definition) is 1. The molecule has 1 aliphatic heterocycles. The molecule has 0 bridgehead atoms. The number of carbonyl (C=O) groups is 1. The number of amides is 1. The molecule has 3 nitrogen and oxygen atoms in total. The molecule has 96 valence electrons. The van der Waals surface area contributed by atoms with Gasteiger partial charge in [-0.25, -0.2) is 0 Å². The Hall–Kier alpha value is -1.51. The topological polar surface area (TPSA) is 32.3 Å². The lowest BCUT2D eigenvalue weighted by atomic mass is 9.78. The smallest absolute Gasteiger partial charge is 0.250 e. The van der Waals surface area contributed by atoms with E-state index in [1.54, 1.807) is 0 Å². The van der Waals surface area contributed by atoms with Gasteiger partial charge in [0.05, 0.1) is 11.4 Å². The standard InChI is InChI=1S/C15H20N2O/c1-11-7-6-8-12-13(11)17(2)15(14(18)16-12)9-4-3-5-10-15/h6-8H,3-5,9-10H2,1-2H3,(H,16,18). The second kappa shape index (κ2) is 4.01. The van der Waals surface area contributed by atoms with Gasteiger partial charge in [-0.05, 0) is 31.4 Å². The zero-order valence-electron chi connectivity index (χ0n) is 11.1. The second-order valence-electron chi connectivity index (χ2n) is 5.58. The predicted octanol–water partition coefficient (Wildman–Crippen LogP) is 3.09. The van der Waals surface area contributed by atoms with Crippen molar-refractivity contribution >= 4 is 17.3 Å². The van der Waals surface area contributed by atoms with Gasteiger partial charge < -0.3 is 10.2 Å². The second-order valence-corrected chi connectivity index (χ2v) is 5.58. The number of anilines is 2. The number of para-hydroxylation sites is 1. The van der Waals surface area contributed by atoms with E-state index < -0.39 is 0 Å². The summed E-state index contributed by atoms with van der Waals surface area (Å²) >= 11 is 0. The molecule has 0 atom stereocenters. The van der Waals surface area contributed by atoms with Crippen molar-refractivity contribution in [2.75, 3.05) is 17.3 Å². The summed E-state index contributed by atoms with van der Waals surface area (Å²) in [7, 11) is 2.08. The number of likely N-dealkylation sites (N-methyl/N-ethyl adjacent to an activating group) is 1. The van der Waals surface area contributed by atoms with Crippen LogP contribution in [0.1, 0.15) is 37.7 Å². The maximum absolute atomic E-state index is 12.5. The molecule has 0 unspecified atom stereocenters. The summed E-state index contributed by atoms with van der Waals surface area (Å²) in [4.78, 5) is 14.7. The number of rotatable bonds is 0. The molecular formula is C15H20N2O. The van der Waals surface area contributed by atoms with Crippen molar-refractivity contribution in [1.29, 1.82) is 0 Å². The summed E-state index contributed by atoms with van der Waals surface area (Å²) in [6, 6.07) is 6.11. The molecular weight excluding hydrogens is 224 g/mol. The first-order valence-corrected chi connectivity index (χ1v) is 6.80. The molecule has 1 aromatic carbocycles. The molecule has 0 saturated heterocycles. The Bertz CT molecular complexity index is 489. The van der Waals surface area contributed by atoms with Crippen LogP contribution in [0, 0.1) is 6.92 Å². The van der Waals surface area contributed by atoms with Gasteiger partial charge in [0, 0.05) is 7.05 Å². The Morgan fingerprint density at radius 1 is 1.22 bits per heavy atom. The molecule has 1 heterocycles. The van der Waals surface area contributed by atoms with Crippen LogP contribution < -0.4 is 10.2 Å². The van der Waals surface area contributed by atoms with Gasteiger partial charge in [-0.3, -0.25) is 4.79 Å². The van der Waals surface area contributed by atoms with Crippen molar-refractivity contribution in [1.82, 2.24) is 0 Å². The summed E-state index contributed by atoms with van der Waals surface area (Å²) in [5.41, 5.74) is 3.08. The first-order valence-electron chi connectivity index (χ1n) is 6.80. The van der Waals surface area contributed by atoms with Gasteiger partial charge in [-0.1, -0.05) is 31.4 Å². The van der Waals surface area contributed by atoms with E-state index in [0.717, 1.165) is 31.4 Å². The minimum absolute atomic E-state index is 0.183. The maximum Gasteiger partial charge on any atom is 0.250 e. The highest BCUT2D eigenvalue weighted by molar-refractivity contribution is 6.07. The largest absolute Gasteiger partial charge is 0.358 e. The SMILES string of the molecule is Cc1cccc2c1N(C)C1(CCCCC1)C(=O)N2. The molecule has 1 spiro atoms. The van der Waals surface area contributed by atoms with E-state index in [2.05, 4.69) is 30.3 Å². The first-order chi connectivity index (χ1) is 8.65. The van der Waals surface area contributed by atoms with E-state index in [0.29, 0.717) is 0 Å². The van der Waals surface area contributed by atoms with Crippen LogP contribution in [0.15, 0.2) is 18.2 Å². The number of fused-ring (bicyclic) bond motifs is 1. The highest BCUT2D eigenvalue weighted by Gasteiger charge is 2.46. The van der Waals surface area contributed by atoms with Crippen LogP contribution in [-0.2, 0) is 4.79 Å². The zero-order valence-corrected chi connectivity index (χ0v) is 11.1. The van der Waals surface area contributed by atoms with Crippen LogP contribution in [0.2, 0.25) is 0 Å². The number of benzene rings is 1. The lowest BCUT2D eigenvalue weighted by Crippen LogP contribution is -2.59. The Morgan fingerprint density at radius 2 is 1.94 bits per heavy atom. The monoisotopic (exact) mass is 244 g/mol. The summed E-state index contributed by atoms with van der Waals surface area (Å²) < 4.78 is 0. The van der Waals surface area contributed by atoms with Crippen molar-refractivity contribution in [3.63, 3.8) is 0 Å². The summed E-state index contributed by atoms with van der Waals surface area (Å²) in [5.74, 6) is 0.183. The Balaban J connectivity index is 2.10. The molecule has 18 heavy (non-hydrogen) atoms. The third-order valence-electron chi connectivity index (χ3n) is 4.57. The lowest BCUT2D eigenvalue weighted by Gasteiger charge is -2.48. The van der Waals surface area contributed by atoms with Gasteiger partial charge in [0.15, 0.2) is 0 Å². The first kappa shape index (κ1) is 11.6. The molecule has 1 fully saturated rings. The van der Waals surface area contributed by atoms with Gasteiger partial charge in [-0.15, -0.1) is 0 Å². The van der Waals surface area contributed by atoms with E-state index >= 15 is 0 Å². The molecule has 2 aliphatic rings. The molecule has 3 heteroatoms. The summed E-state index contributed by atoms with van der Waals surface area (Å²) in [5, 5.41) is 3.11. The normalized spacial score (nSPS) is 21.7. The number of nitrogens with zero attached hydrogens (tertiary/aromatic N) is 1. The minimum Gasteiger partial charge on any atom is -0.358 e. The van der Waals surface area contributed by atoms with E-state index in [9.17, 15) is 4.79 Å². The Labute approximate surface area is 108 Å². The van der Waals surface area contributed by atoms with E-state index in [1.807, 2.05) is 12.1 Å². The molecule has 1 amide bonds. The van der Waals surface area contributed by atoms with Gasteiger partial charge in [0.2, 0.25) is 5.91 Å². The molecule has 1 aliphatic carbocycles. The highest BCUT2D eigenvalue weighted by Crippen LogP contribution is 2.44. The number of aryl methyl sites for hydroxylation is 1. The van der Waals surface area contributed by atoms with Crippen LogP contribution in [0.3, 0.4) is 0 Å². The highest BCUT2D eigenvalue weighted by atomic mass is 16.2. The van der Waals surface area contributed by atoms with E-state index in [1.165, 1.54) is 17.7 Å². The molecule has 3 rings (SSSR count). The minimum atomic E-state index is -0.308. The van der Waals surface area contributed by atoms with Crippen LogP contribution in [0.5, 0.6) is 0 Å². The molecule has 1 aromatic rings. The van der Waals surface area contributed by atoms with Crippen molar-refractivity contribution in [2.45, 2.75) is 44.6 Å². The number of carbonyl (C=O) groups excluding carboxylic acids is 1. The fraction of sp³-hybridized carbons (Fsp3) is 0.533. The average molecular weight is 244 g/mol. The van der Waals surface area contributed by atoms with E-state index in [-0.39, 0.29) is 11.4 Å². The molecule has 1 N–H and O–H groups in total. The zero-order chi connectivity index (χ0) is 12.8. The van der Waals surface area contributed by atoms with Crippen molar-refractivity contribution in [3.05, 3.63) is 23.8 Å². The molecule has 0 aromatic heterocycles. The number of hydrogen-bond acceptors (Lipinski definition) is 2.